The Kier molecular flexibility index (Phi) is 2.73. The van der Waals surface area contributed by atoms with Crippen molar-refractivity contribution >= 4 is 5.69 Å². The van der Waals surface area contributed by atoms with Crippen molar-refractivity contribution in [3.8, 4) is 0 Å². The number of nitrogens with two attached hydrogens (primary N) is 1. The lowest BCUT2D eigenvalue weighted by atomic mass is 10.1. The quantitative estimate of drug-likeness (QED) is 0.773. The van der Waals surface area contributed by atoms with Gasteiger partial charge in [-0.05, 0) is 37.0 Å². The third-order valence-corrected chi connectivity index (χ3v) is 2.94. The maximum atomic E-state index is 5.61. The van der Waals surface area contributed by atoms with E-state index in [9.17, 15) is 0 Å². The number of anilines is 1. The van der Waals surface area contributed by atoms with E-state index in [2.05, 4.69) is 30.0 Å². The van der Waals surface area contributed by atoms with Crippen molar-refractivity contribution in [1.29, 1.82) is 0 Å². The van der Waals surface area contributed by atoms with Crippen LogP contribution in [0.25, 0.3) is 0 Å². The second-order valence-corrected chi connectivity index (χ2v) is 4.02. The van der Waals surface area contributed by atoms with Crippen LogP contribution in [0.2, 0.25) is 0 Å². The van der Waals surface area contributed by atoms with Crippen molar-refractivity contribution in [3.05, 3.63) is 29.3 Å². The first-order chi connectivity index (χ1) is 6.81. The van der Waals surface area contributed by atoms with Gasteiger partial charge in [0, 0.05) is 25.3 Å². The highest BCUT2D eigenvalue weighted by molar-refractivity contribution is 5.55. The van der Waals surface area contributed by atoms with Gasteiger partial charge in [-0.25, -0.2) is 0 Å². The van der Waals surface area contributed by atoms with Crippen LogP contribution in [0, 0.1) is 6.92 Å². The summed E-state index contributed by atoms with van der Waals surface area (Å²) in [5.74, 6) is 0. The number of aryl methyl sites for hydroxylation is 1. The van der Waals surface area contributed by atoms with Crippen molar-refractivity contribution in [2.45, 2.75) is 26.3 Å². The second kappa shape index (κ2) is 4.01. The Balaban J connectivity index is 2.25. The van der Waals surface area contributed by atoms with Crippen molar-refractivity contribution in [1.82, 2.24) is 0 Å². The van der Waals surface area contributed by atoms with E-state index in [4.69, 9.17) is 5.73 Å². The van der Waals surface area contributed by atoms with Crippen molar-refractivity contribution in [2.75, 3.05) is 18.0 Å². The van der Waals surface area contributed by atoms with E-state index in [1.807, 2.05) is 0 Å². The molecule has 1 aliphatic rings. The summed E-state index contributed by atoms with van der Waals surface area (Å²) in [4.78, 5) is 2.47. The van der Waals surface area contributed by atoms with Gasteiger partial charge in [-0.2, -0.15) is 0 Å². The predicted molar refractivity (Wildman–Crippen MR) is 60.5 cm³/mol. The molecule has 2 heteroatoms. The van der Waals surface area contributed by atoms with Crippen LogP contribution in [0.3, 0.4) is 0 Å². The molecule has 2 N–H and O–H groups in total. The van der Waals surface area contributed by atoms with Crippen LogP contribution >= 0.6 is 0 Å². The number of benzene rings is 1. The van der Waals surface area contributed by atoms with E-state index in [-0.39, 0.29) is 0 Å². The SMILES string of the molecule is Cc1cc(CN)ccc1N1CCCC1. The van der Waals surface area contributed by atoms with Crippen LogP contribution in [0.15, 0.2) is 18.2 Å². The van der Waals surface area contributed by atoms with Gasteiger partial charge >= 0.3 is 0 Å². The molecule has 14 heavy (non-hydrogen) atoms. The fourth-order valence-electron chi connectivity index (χ4n) is 2.16. The third kappa shape index (κ3) is 1.75. The van der Waals surface area contributed by atoms with Crippen LogP contribution in [0.1, 0.15) is 24.0 Å². The van der Waals surface area contributed by atoms with E-state index >= 15 is 0 Å². The summed E-state index contributed by atoms with van der Waals surface area (Å²) < 4.78 is 0. The van der Waals surface area contributed by atoms with Crippen LogP contribution in [-0.4, -0.2) is 13.1 Å². The van der Waals surface area contributed by atoms with Gasteiger partial charge in [-0.1, -0.05) is 12.1 Å². The molecular formula is C12H18N2. The van der Waals surface area contributed by atoms with Crippen LogP contribution < -0.4 is 10.6 Å². The molecule has 0 unspecified atom stereocenters. The molecule has 1 aliphatic heterocycles. The standard InChI is InChI=1S/C12H18N2/c1-10-8-11(9-13)4-5-12(10)14-6-2-3-7-14/h4-5,8H,2-3,6-7,9,13H2,1H3. The number of nitrogens with zero attached hydrogens (tertiary/aromatic N) is 1. The van der Waals surface area contributed by atoms with Crippen LogP contribution in [0.4, 0.5) is 5.69 Å². The Morgan fingerprint density at radius 1 is 1.29 bits per heavy atom. The zero-order chi connectivity index (χ0) is 9.97. The second-order valence-electron chi connectivity index (χ2n) is 4.02. The van der Waals surface area contributed by atoms with Crippen LogP contribution in [0.5, 0.6) is 0 Å². The first-order valence-corrected chi connectivity index (χ1v) is 5.36. The highest BCUT2D eigenvalue weighted by atomic mass is 15.1. The average molecular weight is 190 g/mol. The Hall–Kier alpha value is -1.02. The summed E-state index contributed by atoms with van der Waals surface area (Å²) in [5.41, 5.74) is 9.58. The predicted octanol–water partition coefficient (Wildman–Crippen LogP) is 2.05. The van der Waals surface area contributed by atoms with Gasteiger partial charge < -0.3 is 10.6 Å². The molecule has 0 saturated carbocycles. The number of rotatable bonds is 2. The molecule has 76 valence electrons. The van der Waals surface area contributed by atoms with Gasteiger partial charge in [-0.3, -0.25) is 0 Å². The summed E-state index contributed by atoms with van der Waals surface area (Å²) in [6.45, 7) is 5.24. The lowest BCUT2D eigenvalue weighted by molar-refractivity contribution is 0.949. The molecule has 2 rings (SSSR count). The van der Waals surface area contributed by atoms with Gasteiger partial charge in [0.15, 0.2) is 0 Å². The lowest BCUT2D eigenvalue weighted by Crippen LogP contribution is -2.18. The highest BCUT2D eigenvalue weighted by Gasteiger charge is 2.13. The largest absolute Gasteiger partial charge is 0.371 e. The lowest BCUT2D eigenvalue weighted by Gasteiger charge is -2.20. The molecule has 0 amide bonds. The minimum absolute atomic E-state index is 0.640. The van der Waals surface area contributed by atoms with Gasteiger partial charge in [0.05, 0.1) is 0 Å². The highest BCUT2D eigenvalue weighted by Crippen LogP contribution is 2.24. The Morgan fingerprint density at radius 2 is 2.00 bits per heavy atom. The molecule has 1 heterocycles. The monoisotopic (exact) mass is 190 g/mol. The molecule has 0 atom stereocenters. The Morgan fingerprint density at radius 3 is 2.57 bits per heavy atom. The molecule has 1 fully saturated rings. The summed E-state index contributed by atoms with van der Waals surface area (Å²) in [6.07, 6.45) is 2.66. The van der Waals surface area contributed by atoms with Gasteiger partial charge in [0.2, 0.25) is 0 Å². The molecule has 1 aromatic carbocycles. The molecule has 1 saturated heterocycles. The van der Waals surface area contributed by atoms with E-state index < -0.39 is 0 Å². The number of hydrogen-bond donors (Lipinski definition) is 1. The Labute approximate surface area is 85.7 Å². The first-order valence-electron chi connectivity index (χ1n) is 5.36. The maximum Gasteiger partial charge on any atom is 0.0396 e. The van der Waals surface area contributed by atoms with Crippen LogP contribution in [-0.2, 0) is 6.54 Å². The van der Waals surface area contributed by atoms with Crippen molar-refractivity contribution < 1.29 is 0 Å². The minimum atomic E-state index is 0.640. The minimum Gasteiger partial charge on any atom is -0.371 e. The van der Waals surface area contributed by atoms with Crippen molar-refractivity contribution in [3.63, 3.8) is 0 Å². The Bertz CT molecular complexity index is 314. The topological polar surface area (TPSA) is 29.3 Å². The molecule has 0 radical (unpaired) electrons. The fraction of sp³-hybridized carbons (Fsp3) is 0.500. The van der Waals surface area contributed by atoms with E-state index in [0.717, 1.165) is 0 Å². The van der Waals surface area contributed by atoms with E-state index in [0.29, 0.717) is 6.54 Å². The summed E-state index contributed by atoms with van der Waals surface area (Å²) in [5, 5.41) is 0. The van der Waals surface area contributed by atoms with Gasteiger partial charge in [0.25, 0.3) is 0 Å². The summed E-state index contributed by atoms with van der Waals surface area (Å²) >= 11 is 0. The van der Waals surface area contributed by atoms with E-state index in [1.54, 1.807) is 0 Å². The van der Waals surface area contributed by atoms with Crippen molar-refractivity contribution in [2.24, 2.45) is 5.73 Å². The normalized spacial score (nSPS) is 16.3. The average Bonchev–Trinajstić information content (AvgIpc) is 2.70. The molecule has 0 spiro atoms. The zero-order valence-corrected chi connectivity index (χ0v) is 8.79. The molecule has 2 nitrogen and oxygen atoms in total. The fourth-order valence-corrected chi connectivity index (χ4v) is 2.16. The van der Waals surface area contributed by atoms with E-state index in [1.165, 1.54) is 42.7 Å². The molecule has 1 aromatic rings. The molecule has 0 aliphatic carbocycles. The van der Waals surface area contributed by atoms with Gasteiger partial charge in [0.1, 0.15) is 0 Å². The zero-order valence-electron chi connectivity index (χ0n) is 8.79. The number of hydrogen-bond acceptors (Lipinski definition) is 2. The third-order valence-electron chi connectivity index (χ3n) is 2.94. The molecule has 0 bridgehead atoms. The summed E-state index contributed by atoms with van der Waals surface area (Å²) in [6, 6.07) is 6.55. The summed E-state index contributed by atoms with van der Waals surface area (Å²) in [7, 11) is 0. The van der Waals surface area contributed by atoms with Gasteiger partial charge in [-0.15, -0.1) is 0 Å². The smallest absolute Gasteiger partial charge is 0.0396 e. The maximum absolute atomic E-state index is 5.61. The molecule has 0 aromatic heterocycles. The molecular weight excluding hydrogens is 172 g/mol. The first kappa shape index (κ1) is 9.53.